The zero-order valence-corrected chi connectivity index (χ0v) is 11.7. The summed E-state index contributed by atoms with van der Waals surface area (Å²) in [4.78, 5) is 24.0. The van der Waals surface area contributed by atoms with Gasteiger partial charge in [0.05, 0.1) is 25.4 Å². The van der Waals surface area contributed by atoms with E-state index in [1.54, 1.807) is 0 Å². The number of hydrogen-bond donors (Lipinski definition) is 0. The van der Waals surface area contributed by atoms with Crippen LogP contribution in [0, 0.1) is 11.8 Å². The maximum absolute atomic E-state index is 12.0. The molecular formula is C15H18O5. The first-order valence-electron chi connectivity index (χ1n) is 7.17. The lowest BCUT2D eigenvalue weighted by atomic mass is 9.69. The number of carbonyl (C=O) groups is 2. The van der Waals surface area contributed by atoms with Crippen LogP contribution in [0.25, 0.3) is 0 Å². The van der Waals surface area contributed by atoms with Crippen LogP contribution >= 0.6 is 0 Å². The van der Waals surface area contributed by atoms with Crippen molar-refractivity contribution in [3.05, 3.63) is 11.1 Å². The highest BCUT2D eigenvalue weighted by atomic mass is 16.6. The predicted molar refractivity (Wildman–Crippen MR) is 67.7 cm³/mol. The Morgan fingerprint density at radius 1 is 1.00 bits per heavy atom. The van der Waals surface area contributed by atoms with Crippen molar-refractivity contribution >= 4 is 11.9 Å². The molecule has 2 bridgehead atoms. The van der Waals surface area contributed by atoms with Crippen LogP contribution in [0.5, 0.6) is 0 Å². The summed E-state index contributed by atoms with van der Waals surface area (Å²) < 4.78 is 15.9. The number of epoxide rings is 1. The van der Waals surface area contributed by atoms with Crippen LogP contribution in [0.1, 0.15) is 32.1 Å². The molecule has 3 aliphatic carbocycles. The van der Waals surface area contributed by atoms with E-state index in [1.165, 1.54) is 33.5 Å². The second-order valence-corrected chi connectivity index (χ2v) is 6.38. The molecule has 2 saturated carbocycles. The average Bonchev–Trinajstić information content (AvgIpc) is 2.82. The topological polar surface area (TPSA) is 65.1 Å². The van der Waals surface area contributed by atoms with Crippen molar-refractivity contribution in [3.8, 4) is 0 Å². The van der Waals surface area contributed by atoms with Crippen LogP contribution in [0.2, 0.25) is 0 Å². The molecule has 5 nitrogen and oxygen atoms in total. The number of hydrogen-bond acceptors (Lipinski definition) is 5. The number of esters is 2. The minimum Gasteiger partial charge on any atom is -0.466 e. The van der Waals surface area contributed by atoms with Crippen molar-refractivity contribution in [1.82, 2.24) is 0 Å². The van der Waals surface area contributed by atoms with Crippen LogP contribution in [0.3, 0.4) is 0 Å². The van der Waals surface area contributed by atoms with E-state index < -0.39 is 11.9 Å². The summed E-state index contributed by atoms with van der Waals surface area (Å²) in [6.07, 6.45) is 4.53. The smallest absolute Gasteiger partial charge is 0.334 e. The summed E-state index contributed by atoms with van der Waals surface area (Å²) >= 11 is 0. The van der Waals surface area contributed by atoms with Crippen LogP contribution in [0.15, 0.2) is 11.1 Å². The Morgan fingerprint density at radius 3 is 1.85 bits per heavy atom. The van der Waals surface area contributed by atoms with Crippen molar-refractivity contribution in [3.63, 3.8) is 0 Å². The second-order valence-electron chi connectivity index (χ2n) is 6.38. The van der Waals surface area contributed by atoms with Gasteiger partial charge in [0.1, 0.15) is 11.2 Å². The number of ether oxygens (including phenoxy) is 3. The molecule has 0 aromatic carbocycles. The fourth-order valence-electron chi connectivity index (χ4n) is 5.02. The maximum atomic E-state index is 12.0. The summed E-state index contributed by atoms with van der Waals surface area (Å²) in [6.45, 7) is 0. The molecule has 0 amide bonds. The third-order valence-electron chi connectivity index (χ3n) is 5.90. The van der Waals surface area contributed by atoms with E-state index in [2.05, 4.69) is 0 Å². The van der Waals surface area contributed by atoms with E-state index in [9.17, 15) is 9.59 Å². The highest BCUT2D eigenvalue weighted by molar-refractivity contribution is 6.01. The van der Waals surface area contributed by atoms with Gasteiger partial charge in [-0.3, -0.25) is 0 Å². The molecule has 108 valence electrons. The van der Waals surface area contributed by atoms with E-state index in [-0.39, 0.29) is 11.2 Å². The molecule has 20 heavy (non-hydrogen) atoms. The molecule has 3 fully saturated rings. The van der Waals surface area contributed by atoms with Gasteiger partial charge in [-0.15, -0.1) is 0 Å². The summed E-state index contributed by atoms with van der Waals surface area (Å²) in [5.74, 6) is 0.219. The number of rotatable bonds is 2. The molecule has 4 rings (SSSR count). The molecule has 0 unspecified atom stereocenters. The van der Waals surface area contributed by atoms with Crippen LogP contribution in [-0.4, -0.2) is 37.4 Å². The minimum absolute atomic E-state index is 0.197. The van der Waals surface area contributed by atoms with E-state index in [0.717, 1.165) is 0 Å². The third kappa shape index (κ3) is 1.18. The maximum Gasteiger partial charge on any atom is 0.334 e. The van der Waals surface area contributed by atoms with Crippen molar-refractivity contribution in [1.29, 1.82) is 0 Å². The fraction of sp³-hybridized carbons (Fsp3) is 0.733. The Hall–Kier alpha value is -1.36. The summed E-state index contributed by atoms with van der Waals surface area (Å²) in [6, 6.07) is 0. The van der Waals surface area contributed by atoms with Gasteiger partial charge in [-0.25, -0.2) is 9.59 Å². The molecule has 0 spiro atoms. The second kappa shape index (κ2) is 3.64. The summed E-state index contributed by atoms with van der Waals surface area (Å²) in [5.41, 5.74) is 0.522. The quantitative estimate of drug-likeness (QED) is 0.563. The zero-order valence-electron chi connectivity index (χ0n) is 11.7. The van der Waals surface area contributed by atoms with E-state index >= 15 is 0 Å². The van der Waals surface area contributed by atoms with Gasteiger partial charge in [-0.05, 0) is 31.1 Å². The molecule has 0 radical (unpaired) electrons. The fourth-order valence-corrected chi connectivity index (χ4v) is 5.02. The molecule has 4 atom stereocenters. The molecular weight excluding hydrogens is 260 g/mol. The van der Waals surface area contributed by atoms with E-state index in [0.29, 0.717) is 35.8 Å². The monoisotopic (exact) mass is 278 g/mol. The van der Waals surface area contributed by atoms with Gasteiger partial charge < -0.3 is 14.2 Å². The number of carbonyl (C=O) groups excluding carboxylic acids is 2. The Bertz CT molecular complexity index is 504. The SMILES string of the molecule is COC(=O)C1=C(C(=O)OC)C[C@]23O[C@@]2(C1)[C@@H]1CC[C@H]3C1. The first-order valence-corrected chi connectivity index (χ1v) is 7.17. The highest BCUT2D eigenvalue weighted by Crippen LogP contribution is 2.76. The first-order chi connectivity index (χ1) is 9.58. The molecule has 5 heteroatoms. The summed E-state index contributed by atoms with van der Waals surface area (Å²) in [5, 5.41) is 0. The molecule has 0 aromatic heterocycles. The van der Waals surface area contributed by atoms with Gasteiger partial charge in [-0.1, -0.05) is 0 Å². The van der Waals surface area contributed by atoms with Gasteiger partial charge in [0.15, 0.2) is 0 Å². The van der Waals surface area contributed by atoms with Gasteiger partial charge in [0.25, 0.3) is 0 Å². The lowest BCUT2D eigenvalue weighted by Gasteiger charge is -2.30. The largest absolute Gasteiger partial charge is 0.466 e. The Kier molecular flexibility index (Phi) is 2.25. The number of methoxy groups -OCH3 is 2. The molecule has 0 N–H and O–H groups in total. The summed E-state index contributed by atoms with van der Waals surface area (Å²) in [7, 11) is 2.69. The van der Waals surface area contributed by atoms with Crippen molar-refractivity contribution in [2.24, 2.45) is 11.8 Å². The van der Waals surface area contributed by atoms with Gasteiger partial charge in [0.2, 0.25) is 0 Å². The van der Waals surface area contributed by atoms with Crippen LogP contribution in [0.4, 0.5) is 0 Å². The minimum atomic E-state index is -0.424. The van der Waals surface area contributed by atoms with E-state index in [4.69, 9.17) is 14.2 Å². The van der Waals surface area contributed by atoms with Gasteiger partial charge in [0, 0.05) is 12.8 Å². The van der Waals surface area contributed by atoms with Crippen molar-refractivity contribution in [2.45, 2.75) is 43.3 Å². The molecule has 1 saturated heterocycles. The normalized spacial score (nSPS) is 43.9. The Morgan fingerprint density at radius 2 is 1.45 bits per heavy atom. The van der Waals surface area contributed by atoms with Crippen LogP contribution < -0.4 is 0 Å². The lowest BCUT2D eigenvalue weighted by Crippen LogP contribution is -2.39. The lowest BCUT2D eigenvalue weighted by molar-refractivity contribution is -0.140. The van der Waals surface area contributed by atoms with Crippen molar-refractivity contribution < 1.29 is 23.8 Å². The van der Waals surface area contributed by atoms with Gasteiger partial charge >= 0.3 is 11.9 Å². The van der Waals surface area contributed by atoms with Gasteiger partial charge in [-0.2, -0.15) is 0 Å². The predicted octanol–water partition coefficient (Wildman–Crippen LogP) is 1.36. The molecule has 4 aliphatic rings. The Balaban J connectivity index is 1.77. The first kappa shape index (κ1) is 12.4. The zero-order chi connectivity index (χ0) is 14.1. The van der Waals surface area contributed by atoms with Crippen molar-refractivity contribution in [2.75, 3.05) is 14.2 Å². The number of fused-ring (bicyclic) bond motifs is 2. The Labute approximate surface area is 117 Å². The molecule has 1 heterocycles. The highest BCUT2D eigenvalue weighted by Gasteiger charge is 2.83. The van der Waals surface area contributed by atoms with Crippen LogP contribution in [-0.2, 0) is 23.8 Å². The standard InChI is InChI=1S/C15H18O5/c1-18-12(16)10-6-14-8-3-4-9(5-8)15(14,20-14)7-11(10)13(17)19-2/h8-9H,3-7H2,1-2H3/t8-,9+,14+,15-. The molecule has 1 aliphatic heterocycles. The molecule has 0 aromatic rings. The van der Waals surface area contributed by atoms with E-state index in [1.807, 2.05) is 0 Å². The third-order valence-corrected chi connectivity index (χ3v) is 5.90. The average molecular weight is 278 g/mol.